The number of hydrogen-bond acceptors (Lipinski definition) is 6. The van der Waals surface area contributed by atoms with Gasteiger partial charge in [-0.15, -0.1) is 0 Å². The van der Waals surface area contributed by atoms with E-state index in [9.17, 15) is 16.8 Å². The average molecular weight is 690 g/mol. The molecular weight excluding hydrogens is 655 g/mol. The zero-order valence-electron chi connectivity index (χ0n) is 27.1. The predicted octanol–water partition coefficient (Wildman–Crippen LogP) is 7.39. The van der Waals surface area contributed by atoms with Gasteiger partial charge in [0.05, 0.1) is 34.1 Å². The van der Waals surface area contributed by atoms with Crippen molar-refractivity contribution < 1.29 is 16.8 Å². The first-order valence-electron chi connectivity index (χ1n) is 15.9. The normalized spacial score (nSPS) is 12.1. The number of sulfone groups is 1. The van der Waals surface area contributed by atoms with Gasteiger partial charge < -0.3 is 9.55 Å². The molecule has 9 nitrogen and oxygen atoms in total. The second-order valence-electron chi connectivity index (χ2n) is 12.2. The number of anilines is 1. The zero-order valence-corrected chi connectivity index (χ0v) is 28.7. The smallest absolute Gasteiger partial charge is 0.234 e. The minimum atomic E-state index is -3.55. The van der Waals surface area contributed by atoms with Gasteiger partial charge in [-0.2, -0.15) is 0 Å². The summed E-state index contributed by atoms with van der Waals surface area (Å²) < 4.78 is 56.1. The molecule has 0 unspecified atom stereocenters. The highest BCUT2D eigenvalue weighted by Crippen LogP contribution is 2.41. The summed E-state index contributed by atoms with van der Waals surface area (Å²) in [4.78, 5) is 12.7. The lowest BCUT2D eigenvalue weighted by Gasteiger charge is -2.20. The maximum Gasteiger partial charge on any atom is 0.234 e. The van der Waals surface area contributed by atoms with Crippen molar-refractivity contribution >= 4 is 47.5 Å². The Morgan fingerprint density at radius 2 is 1.53 bits per heavy atom. The molecule has 49 heavy (non-hydrogen) atoms. The summed E-state index contributed by atoms with van der Waals surface area (Å²) in [6.07, 6.45) is 5.91. The van der Waals surface area contributed by atoms with E-state index in [4.69, 9.17) is 4.98 Å². The van der Waals surface area contributed by atoms with E-state index in [1.165, 1.54) is 4.31 Å². The third-order valence-corrected chi connectivity index (χ3v) is 12.3. The van der Waals surface area contributed by atoms with E-state index >= 15 is 0 Å². The van der Waals surface area contributed by atoms with Crippen LogP contribution < -0.4 is 4.31 Å². The second kappa shape index (κ2) is 13.0. The molecule has 248 valence electrons. The summed E-state index contributed by atoms with van der Waals surface area (Å²) in [7, 11) is -5.51. The number of aromatic amines is 1. The van der Waals surface area contributed by atoms with Crippen LogP contribution in [0.25, 0.3) is 44.2 Å². The van der Waals surface area contributed by atoms with Crippen molar-refractivity contribution in [3.63, 3.8) is 0 Å². The van der Waals surface area contributed by atoms with Crippen LogP contribution in [0.15, 0.2) is 127 Å². The van der Waals surface area contributed by atoms with Crippen LogP contribution in [0.3, 0.4) is 0 Å². The Bertz CT molecular complexity index is 2490. The second-order valence-corrected chi connectivity index (χ2v) is 16.3. The van der Waals surface area contributed by atoms with Crippen molar-refractivity contribution in [2.45, 2.75) is 30.5 Å². The number of nitrogens with zero attached hydrogens (tertiary/aromatic N) is 4. The fourth-order valence-corrected chi connectivity index (χ4v) is 8.79. The number of rotatable bonds is 11. The van der Waals surface area contributed by atoms with Crippen molar-refractivity contribution in [3.8, 4) is 22.3 Å². The molecule has 3 aromatic heterocycles. The Labute approximate surface area is 285 Å². The lowest BCUT2D eigenvalue weighted by molar-refractivity contribution is 0.584. The van der Waals surface area contributed by atoms with Gasteiger partial charge in [0.1, 0.15) is 5.65 Å². The molecule has 0 spiro atoms. The van der Waals surface area contributed by atoms with Crippen LogP contribution in [0.5, 0.6) is 0 Å². The number of nitrogens with one attached hydrogen (secondary N) is 1. The molecule has 0 bridgehead atoms. The summed E-state index contributed by atoms with van der Waals surface area (Å²) in [5.41, 5.74) is 7.34. The molecule has 0 aliphatic heterocycles. The van der Waals surface area contributed by atoms with E-state index in [-0.39, 0.29) is 16.4 Å². The number of imidazole rings is 1. The highest BCUT2D eigenvalue weighted by Gasteiger charge is 2.21. The van der Waals surface area contributed by atoms with E-state index in [1.54, 1.807) is 43.7 Å². The number of benzene rings is 4. The van der Waals surface area contributed by atoms with Gasteiger partial charge in [-0.3, -0.25) is 4.31 Å². The van der Waals surface area contributed by atoms with E-state index < -0.39 is 19.9 Å². The number of aryl methyl sites for hydroxylation is 2. The van der Waals surface area contributed by atoms with Crippen molar-refractivity contribution in [2.24, 2.45) is 0 Å². The summed E-state index contributed by atoms with van der Waals surface area (Å²) in [6.45, 7) is 2.48. The Kier molecular flexibility index (Phi) is 8.56. The quantitative estimate of drug-likeness (QED) is 0.151. The standard InChI is InChI=1S/C38H35N5O4S2/c1-27-24-43(26-40-27)20-9-21-49(46,47)42(2)31-17-15-29(16-18-31)34-23-39-38-37(36(34)30-10-5-3-6-11-30)33-22-28(14-19-35(33)41-38)25-48(44,45)32-12-7-4-8-13-32/h3-8,10-19,22-24,26H,9,20-21,25H2,1-2H3,(H,39,41). The molecule has 0 amide bonds. The summed E-state index contributed by atoms with van der Waals surface area (Å²) >= 11 is 0. The van der Waals surface area contributed by atoms with Crippen LogP contribution in [0, 0.1) is 6.92 Å². The molecule has 0 aliphatic carbocycles. The molecule has 0 aliphatic rings. The first kappa shape index (κ1) is 32.3. The monoisotopic (exact) mass is 689 g/mol. The van der Waals surface area contributed by atoms with Gasteiger partial charge in [0.2, 0.25) is 10.0 Å². The number of H-pyrrole nitrogens is 1. The van der Waals surface area contributed by atoms with Crippen LogP contribution >= 0.6 is 0 Å². The Morgan fingerprint density at radius 3 is 2.22 bits per heavy atom. The van der Waals surface area contributed by atoms with Gasteiger partial charge in [-0.05, 0) is 66.4 Å². The van der Waals surface area contributed by atoms with Crippen LogP contribution in [0.2, 0.25) is 0 Å². The molecule has 0 atom stereocenters. The van der Waals surface area contributed by atoms with Gasteiger partial charge in [-0.25, -0.2) is 26.8 Å². The van der Waals surface area contributed by atoms with Crippen molar-refractivity contribution in [1.82, 2.24) is 19.5 Å². The van der Waals surface area contributed by atoms with Crippen molar-refractivity contribution in [2.75, 3.05) is 17.1 Å². The molecule has 7 aromatic rings. The minimum Gasteiger partial charge on any atom is -0.339 e. The highest BCUT2D eigenvalue weighted by atomic mass is 32.2. The number of pyridine rings is 1. The summed E-state index contributed by atoms with van der Waals surface area (Å²) in [5, 5.41) is 1.76. The molecule has 0 saturated heterocycles. The molecule has 7 rings (SSSR count). The van der Waals surface area contributed by atoms with Crippen LogP contribution in [0.1, 0.15) is 17.7 Å². The summed E-state index contributed by atoms with van der Waals surface area (Å²) in [5.74, 6) is -0.120. The van der Waals surface area contributed by atoms with Gasteiger partial charge in [0, 0.05) is 53.4 Å². The topological polar surface area (TPSA) is 118 Å². The van der Waals surface area contributed by atoms with Gasteiger partial charge >= 0.3 is 0 Å². The molecule has 0 radical (unpaired) electrons. The Balaban J connectivity index is 1.24. The Hall–Kier alpha value is -5.26. The fraction of sp³-hybridized carbons (Fsp3) is 0.158. The minimum absolute atomic E-state index is 0.0103. The molecule has 0 saturated carbocycles. The lowest BCUT2D eigenvalue weighted by atomic mass is 9.92. The molecule has 3 heterocycles. The number of hydrogen-bond donors (Lipinski definition) is 1. The number of sulfonamides is 1. The summed E-state index contributed by atoms with van der Waals surface area (Å²) in [6, 6.07) is 31.6. The van der Waals surface area contributed by atoms with Crippen molar-refractivity contribution in [3.05, 3.63) is 133 Å². The lowest BCUT2D eigenvalue weighted by Crippen LogP contribution is -2.29. The van der Waals surface area contributed by atoms with Crippen molar-refractivity contribution in [1.29, 1.82) is 0 Å². The molecular formula is C38H35N5O4S2. The van der Waals surface area contributed by atoms with Gasteiger partial charge in [-0.1, -0.05) is 66.7 Å². The Morgan fingerprint density at radius 1 is 0.816 bits per heavy atom. The third-order valence-electron chi connectivity index (χ3n) is 8.75. The molecule has 0 fully saturated rings. The van der Waals surface area contributed by atoms with E-state index in [0.717, 1.165) is 44.2 Å². The first-order valence-corrected chi connectivity index (χ1v) is 19.2. The van der Waals surface area contributed by atoms with Gasteiger partial charge in [0.25, 0.3) is 0 Å². The zero-order chi connectivity index (χ0) is 34.2. The molecule has 11 heteroatoms. The fourth-order valence-electron chi connectivity index (χ4n) is 6.22. The SMILES string of the molecule is Cc1cn(CCCS(=O)(=O)N(C)c2ccc(-c3cnc4[nH]c5ccc(CS(=O)(=O)c6ccccc6)cc5c4c3-c3ccccc3)cc2)cn1. The van der Waals surface area contributed by atoms with E-state index in [0.29, 0.717) is 29.9 Å². The molecule has 4 aromatic carbocycles. The highest BCUT2D eigenvalue weighted by molar-refractivity contribution is 7.92. The van der Waals surface area contributed by atoms with Crippen LogP contribution in [-0.2, 0) is 32.2 Å². The number of fused-ring (bicyclic) bond motifs is 3. The molecule has 1 N–H and O–H groups in total. The predicted molar refractivity (Wildman–Crippen MR) is 196 cm³/mol. The maximum atomic E-state index is 13.3. The average Bonchev–Trinajstić information content (AvgIpc) is 3.70. The van der Waals surface area contributed by atoms with Gasteiger partial charge in [0.15, 0.2) is 9.84 Å². The van der Waals surface area contributed by atoms with E-state index in [2.05, 4.69) is 9.97 Å². The largest absolute Gasteiger partial charge is 0.339 e. The third kappa shape index (κ3) is 6.59. The maximum absolute atomic E-state index is 13.3. The van der Waals surface area contributed by atoms with Crippen LogP contribution in [-0.4, -0.2) is 49.2 Å². The van der Waals surface area contributed by atoms with E-state index in [1.807, 2.05) is 96.7 Å². The number of aromatic nitrogens is 4. The first-order chi connectivity index (χ1) is 23.6. The van der Waals surface area contributed by atoms with Crippen LogP contribution in [0.4, 0.5) is 5.69 Å².